The number of unbranched alkanes of at least 4 members (excludes halogenated alkanes) is 4. The molecule has 1 unspecified atom stereocenters. The lowest BCUT2D eigenvalue weighted by Gasteiger charge is -2.18. The van der Waals surface area contributed by atoms with Crippen molar-refractivity contribution in [2.75, 3.05) is 6.61 Å². The van der Waals surface area contributed by atoms with E-state index < -0.39 is 35.4 Å². The number of halogens is 2. The molecule has 0 radical (unpaired) electrons. The number of esters is 1. The van der Waals surface area contributed by atoms with Gasteiger partial charge in [0.25, 0.3) is 11.8 Å². The lowest BCUT2D eigenvalue weighted by atomic mass is 10.0. The summed E-state index contributed by atoms with van der Waals surface area (Å²) in [7, 11) is 0. The summed E-state index contributed by atoms with van der Waals surface area (Å²) in [5.41, 5.74) is 0.0852. The molecule has 7 nitrogen and oxygen atoms in total. The lowest BCUT2D eigenvalue weighted by Crippen LogP contribution is -2.42. The molecule has 0 fully saturated rings. The van der Waals surface area contributed by atoms with E-state index in [-0.39, 0.29) is 17.7 Å². The van der Waals surface area contributed by atoms with Crippen molar-refractivity contribution in [3.8, 4) is 11.5 Å². The molecule has 0 aliphatic heterocycles. The van der Waals surface area contributed by atoms with Crippen LogP contribution in [0.15, 0.2) is 72.8 Å². The predicted octanol–water partition coefficient (Wildman–Crippen LogP) is 6.79. The van der Waals surface area contributed by atoms with Gasteiger partial charge in [0.2, 0.25) is 0 Å². The SMILES string of the molecule is CCCCCCCOc1ccc(C(=O)Oc2ccc(CC(NC(=O)c3ccccc3C(C)(F)F)C(=O)O)cc2)cc1. The van der Waals surface area contributed by atoms with Gasteiger partial charge in [-0.25, -0.2) is 18.4 Å². The van der Waals surface area contributed by atoms with Crippen LogP contribution in [0.1, 0.15) is 77.8 Å². The van der Waals surface area contributed by atoms with Crippen LogP contribution in [0.5, 0.6) is 11.5 Å². The van der Waals surface area contributed by atoms with Gasteiger partial charge in [-0.3, -0.25) is 4.79 Å². The summed E-state index contributed by atoms with van der Waals surface area (Å²) in [6.07, 6.45) is 5.60. The molecule has 41 heavy (non-hydrogen) atoms. The number of nitrogens with one attached hydrogen (secondary N) is 1. The number of alkyl halides is 2. The molecule has 0 spiro atoms. The molecule has 0 heterocycles. The molecule has 3 rings (SSSR count). The third-order valence-electron chi connectivity index (χ3n) is 6.43. The number of amides is 1. The second-order valence-electron chi connectivity index (χ2n) is 9.82. The normalized spacial score (nSPS) is 11.9. The van der Waals surface area contributed by atoms with E-state index in [9.17, 15) is 28.3 Å². The van der Waals surface area contributed by atoms with Crippen LogP contribution >= 0.6 is 0 Å². The van der Waals surface area contributed by atoms with E-state index in [2.05, 4.69) is 12.2 Å². The van der Waals surface area contributed by atoms with Crippen LogP contribution in [0, 0.1) is 0 Å². The monoisotopic (exact) mass is 567 g/mol. The van der Waals surface area contributed by atoms with Crippen molar-refractivity contribution in [2.24, 2.45) is 0 Å². The molecule has 9 heteroatoms. The first kappa shape index (κ1) is 31.3. The van der Waals surface area contributed by atoms with Gasteiger partial charge in [0.1, 0.15) is 17.5 Å². The predicted molar refractivity (Wildman–Crippen MR) is 151 cm³/mol. The largest absolute Gasteiger partial charge is 0.494 e. The van der Waals surface area contributed by atoms with E-state index in [1.165, 1.54) is 49.6 Å². The van der Waals surface area contributed by atoms with Gasteiger partial charge in [0, 0.05) is 24.5 Å². The van der Waals surface area contributed by atoms with Crippen LogP contribution in [0.3, 0.4) is 0 Å². The first-order valence-corrected chi connectivity index (χ1v) is 13.6. The second kappa shape index (κ2) is 14.9. The van der Waals surface area contributed by atoms with Crippen LogP contribution in [-0.4, -0.2) is 35.6 Å². The number of carboxylic acid groups (broad SMARTS) is 1. The number of hydrogen-bond donors (Lipinski definition) is 2. The summed E-state index contributed by atoms with van der Waals surface area (Å²) in [6.45, 7) is 3.46. The first-order chi connectivity index (χ1) is 19.6. The van der Waals surface area contributed by atoms with E-state index in [0.717, 1.165) is 18.9 Å². The molecular formula is C32H35F2NO6. The number of rotatable bonds is 15. The lowest BCUT2D eigenvalue weighted by molar-refractivity contribution is -0.139. The minimum atomic E-state index is -3.27. The molecule has 1 amide bonds. The van der Waals surface area contributed by atoms with Gasteiger partial charge >= 0.3 is 11.9 Å². The standard InChI is InChI=1S/C32H35F2NO6/c1-3-4-5-6-9-20-40-24-18-14-23(15-19-24)31(39)41-25-16-12-22(13-17-25)21-28(30(37)38)35-29(36)26-10-7-8-11-27(26)32(2,33)34/h7-8,10-19,28H,3-6,9,20-21H2,1-2H3,(H,35,36)(H,37,38). The summed E-state index contributed by atoms with van der Waals surface area (Å²) in [6, 6.07) is 16.6. The topological polar surface area (TPSA) is 102 Å². The van der Waals surface area contributed by atoms with Gasteiger partial charge in [-0.05, 0) is 54.4 Å². The summed E-state index contributed by atoms with van der Waals surface area (Å²) < 4.78 is 39.0. The zero-order valence-corrected chi connectivity index (χ0v) is 23.2. The summed E-state index contributed by atoms with van der Waals surface area (Å²) in [5.74, 6) is -5.15. The molecule has 0 bridgehead atoms. The molecule has 0 aliphatic carbocycles. The Morgan fingerprint density at radius 2 is 1.51 bits per heavy atom. The third-order valence-corrected chi connectivity index (χ3v) is 6.43. The Balaban J connectivity index is 1.55. The summed E-state index contributed by atoms with van der Waals surface area (Å²) in [5, 5.41) is 12.0. The van der Waals surface area contributed by atoms with Crippen molar-refractivity contribution < 1.29 is 37.7 Å². The molecule has 3 aromatic carbocycles. The molecule has 0 aromatic heterocycles. The molecule has 0 saturated heterocycles. The minimum absolute atomic E-state index is 0.111. The molecule has 218 valence electrons. The van der Waals surface area contributed by atoms with Gasteiger partial charge in [0.15, 0.2) is 0 Å². The van der Waals surface area contributed by atoms with Crippen LogP contribution in [-0.2, 0) is 17.1 Å². The molecular weight excluding hydrogens is 532 g/mol. The molecule has 3 aromatic rings. The van der Waals surface area contributed by atoms with Crippen molar-refractivity contribution in [3.63, 3.8) is 0 Å². The third kappa shape index (κ3) is 9.70. The van der Waals surface area contributed by atoms with Gasteiger partial charge in [0.05, 0.1) is 12.2 Å². The summed E-state index contributed by atoms with van der Waals surface area (Å²) >= 11 is 0. The Labute approximate surface area is 238 Å². The van der Waals surface area contributed by atoms with E-state index >= 15 is 0 Å². The fourth-order valence-corrected chi connectivity index (χ4v) is 4.18. The van der Waals surface area contributed by atoms with Gasteiger partial charge < -0.3 is 19.9 Å². The Morgan fingerprint density at radius 3 is 2.15 bits per heavy atom. The summed E-state index contributed by atoms with van der Waals surface area (Å²) in [4.78, 5) is 37.0. The molecule has 0 saturated carbocycles. The minimum Gasteiger partial charge on any atom is -0.494 e. The number of carboxylic acids is 1. The number of aliphatic carboxylic acids is 1. The second-order valence-corrected chi connectivity index (χ2v) is 9.82. The van der Waals surface area contributed by atoms with Crippen molar-refractivity contribution in [1.29, 1.82) is 0 Å². The highest BCUT2D eigenvalue weighted by atomic mass is 19.3. The average molecular weight is 568 g/mol. The highest BCUT2D eigenvalue weighted by molar-refractivity contribution is 5.98. The fourth-order valence-electron chi connectivity index (χ4n) is 4.18. The molecule has 2 N–H and O–H groups in total. The number of benzene rings is 3. The highest BCUT2D eigenvalue weighted by Crippen LogP contribution is 2.30. The number of hydrogen-bond acceptors (Lipinski definition) is 5. The smallest absolute Gasteiger partial charge is 0.343 e. The Hall–Kier alpha value is -4.27. The van der Waals surface area contributed by atoms with E-state index in [0.29, 0.717) is 30.4 Å². The molecule has 0 aliphatic rings. The van der Waals surface area contributed by atoms with E-state index in [1.807, 2.05) is 0 Å². The van der Waals surface area contributed by atoms with Crippen LogP contribution in [0.4, 0.5) is 8.78 Å². The van der Waals surface area contributed by atoms with Gasteiger partial charge in [-0.2, -0.15) is 0 Å². The van der Waals surface area contributed by atoms with Crippen molar-refractivity contribution in [1.82, 2.24) is 5.32 Å². The van der Waals surface area contributed by atoms with Crippen LogP contribution in [0.2, 0.25) is 0 Å². The number of ether oxygens (including phenoxy) is 2. The van der Waals surface area contributed by atoms with Gasteiger partial charge in [-0.1, -0.05) is 62.9 Å². The van der Waals surface area contributed by atoms with Crippen molar-refractivity contribution in [2.45, 2.75) is 64.3 Å². The van der Waals surface area contributed by atoms with Gasteiger partial charge in [-0.15, -0.1) is 0 Å². The van der Waals surface area contributed by atoms with E-state index in [4.69, 9.17) is 9.47 Å². The quantitative estimate of drug-likeness (QED) is 0.119. The maximum atomic E-state index is 13.9. The molecule has 1 atom stereocenters. The maximum absolute atomic E-state index is 13.9. The van der Waals surface area contributed by atoms with Crippen LogP contribution in [0.25, 0.3) is 0 Å². The fraction of sp³-hybridized carbons (Fsp3) is 0.344. The Morgan fingerprint density at radius 1 is 0.878 bits per heavy atom. The van der Waals surface area contributed by atoms with E-state index in [1.54, 1.807) is 36.4 Å². The number of carbonyl (C=O) groups is 3. The average Bonchev–Trinajstić information content (AvgIpc) is 2.95. The Kier molecular flexibility index (Phi) is 11.4. The Bertz CT molecular complexity index is 1300. The number of carbonyl (C=O) groups excluding carboxylic acids is 2. The highest BCUT2D eigenvalue weighted by Gasteiger charge is 2.31. The van der Waals surface area contributed by atoms with Crippen LogP contribution < -0.4 is 14.8 Å². The maximum Gasteiger partial charge on any atom is 0.343 e. The van der Waals surface area contributed by atoms with Crippen molar-refractivity contribution in [3.05, 3.63) is 95.1 Å². The zero-order chi connectivity index (χ0) is 29.8. The first-order valence-electron chi connectivity index (χ1n) is 13.6. The zero-order valence-electron chi connectivity index (χ0n) is 23.2. The van der Waals surface area contributed by atoms with Crippen molar-refractivity contribution >= 4 is 17.8 Å².